The lowest BCUT2D eigenvalue weighted by molar-refractivity contribution is 0.138. The van der Waals surface area contributed by atoms with Crippen LogP contribution < -0.4 is 0 Å². The van der Waals surface area contributed by atoms with Gasteiger partial charge in [-0.15, -0.1) is 5.10 Å². The minimum atomic E-state index is -0.115. The van der Waals surface area contributed by atoms with E-state index in [4.69, 9.17) is 4.42 Å². The number of benzene rings is 1. The smallest absolute Gasteiger partial charge is 0.230 e. The van der Waals surface area contributed by atoms with E-state index in [9.17, 15) is 5.11 Å². The van der Waals surface area contributed by atoms with Crippen molar-refractivity contribution in [3.63, 3.8) is 0 Å². The molecular weight excluding hydrogens is 396 g/mol. The van der Waals surface area contributed by atoms with Gasteiger partial charge in [0.1, 0.15) is 11.8 Å². The van der Waals surface area contributed by atoms with Crippen molar-refractivity contribution in [1.82, 2.24) is 19.5 Å². The first-order valence-corrected chi connectivity index (χ1v) is 11.4. The Bertz CT molecular complexity index is 1100. The fourth-order valence-corrected chi connectivity index (χ4v) is 5.52. The quantitative estimate of drug-likeness (QED) is 0.488. The van der Waals surface area contributed by atoms with Crippen LogP contribution in [0.25, 0.3) is 4.96 Å². The van der Waals surface area contributed by atoms with Gasteiger partial charge in [0.15, 0.2) is 5.82 Å². The molecule has 156 valence electrons. The number of fused-ring (bicyclic) bond motifs is 1. The van der Waals surface area contributed by atoms with Gasteiger partial charge in [-0.05, 0) is 56.0 Å². The first-order chi connectivity index (χ1) is 14.7. The minimum Gasteiger partial charge on any atom is -0.492 e. The number of aromatic nitrogens is 3. The van der Waals surface area contributed by atoms with Gasteiger partial charge < -0.3 is 9.52 Å². The van der Waals surface area contributed by atoms with Crippen LogP contribution in [0.3, 0.4) is 0 Å². The number of thiazole rings is 1. The van der Waals surface area contributed by atoms with E-state index in [1.54, 1.807) is 10.8 Å². The van der Waals surface area contributed by atoms with Gasteiger partial charge >= 0.3 is 0 Å². The molecule has 1 N–H and O–H groups in total. The van der Waals surface area contributed by atoms with E-state index in [-0.39, 0.29) is 11.9 Å². The van der Waals surface area contributed by atoms with Gasteiger partial charge in [-0.2, -0.15) is 4.52 Å². The summed E-state index contributed by atoms with van der Waals surface area (Å²) >= 11 is 1.50. The van der Waals surface area contributed by atoms with E-state index in [2.05, 4.69) is 45.3 Å². The molecule has 0 bridgehead atoms. The first kappa shape index (κ1) is 19.3. The molecule has 30 heavy (non-hydrogen) atoms. The molecule has 0 spiro atoms. The van der Waals surface area contributed by atoms with Gasteiger partial charge in [-0.1, -0.05) is 48.6 Å². The molecule has 0 unspecified atom stereocenters. The van der Waals surface area contributed by atoms with Gasteiger partial charge in [0.2, 0.25) is 10.8 Å². The summed E-state index contributed by atoms with van der Waals surface area (Å²) in [5.74, 6) is 2.46. The molecule has 1 atom stereocenters. The van der Waals surface area contributed by atoms with Gasteiger partial charge in [-0.3, -0.25) is 4.90 Å². The summed E-state index contributed by atoms with van der Waals surface area (Å²) in [5.41, 5.74) is 1.41. The largest absolute Gasteiger partial charge is 0.492 e. The fourth-order valence-electron chi connectivity index (χ4n) is 4.40. The molecule has 1 saturated heterocycles. The molecule has 0 radical (unpaired) electrons. The molecular formula is C23H26N4O2S. The molecule has 1 aromatic carbocycles. The van der Waals surface area contributed by atoms with Gasteiger partial charge in [0.05, 0.1) is 11.1 Å². The Morgan fingerprint density at radius 2 is 1.97 bits per heavy atom. The Labute approximate surface area is 179 Å². The van der Waals surface area contributed by atoms with Crippen molar-refractivity contribution in [2.45, 2.75) is 38.6 Å². The van der Waals surface area contributed by atoms with E-state index in [0.717, 1.165) is 60.2 Å². The number of likely N-dealkylation sites (tertiary alicyclic amines) is 1. The van der Waals surface area contributed by atoms with Gasteiger partial charge in [0.25, 0.3) is 0 Å². The molecule has 4 heterocycles. The molecule has 0 aliphatic carbocycles. The predicted octanol–water partition coefficient (Wildman–Crippen LogP) is 4.70. The Morgan fingerprint density at radius 1 is 1.17 bits per heavy atom. The van der Waals surface area contributed by atoms with Crippen molar-refractivity contribution < 1.29 is 9.52 Å². The van der Waals surface area contributed by atoms with E-state index >= 15 is 0 Å². The van der Waals surface area contributed by atoms with Crippen molar-refractivity contribution in [2.24, 2.45) is 5.92 Å². The lowest BCUT2D eigenvalue weighted by Crippen LogP contribution is -2.37. The molecule has 3 aromatic heterocycles. The lowest BCUT2D eigenvalue weighted by atomic mass is 9.89. The topological polar surface area (TPSA) is 66.8 Å². The van der Waals surface area contributed by atoms with E-state index in [0.29, 0.717) is 5.92 Å². The second kappa shape index (κ2) is 8.24. The van der Waals surface area contributed by atoms with Crippen LogP contribution in [0.4, 0.5) is 0 Å². The zero-order valence-corrected chi connectivity index (χ0v) is 17.9. The second-order valence-corrected chi connectivity index (χ2v) is 8.96. The number of aromatic hydroxyl groups is 1. The Balaban J connectivity index is 1.38. The van der Waals surface area contributed by atoms with Gasteiger partial charge in [-0.25, -0.2) is 4.98 Å². The average Bonchev–Trinajstić information content (AvgIpc) is 3.50. The molecule has 5 rings (SSSR count). The van der Waals surface area contributed by atoms with Crippen LogP contribution in [0.15, 0.2) is 53.1 Å². The Kier molecular flexibility index (Phi) is 5.31. The summed E-state index contributed by atoms with van der Waals surface area (Å²) in [7, 11) is 0. The average molecular weight is 423 g/mol. The summed E-state index contributed by atoms with van der Waals surface area (Å²) in [4.78, 5) is 8.55. The van der Waals surface area contributed by atoms with Crippen molar-refractivity contribution in [3.05, 3.63) is 70.8 Å². The standard InChI is InChI=1S/C23H26N4O2S/c1-2-19-24-23-27(25-19)22(28)21(30-23)20(18-9-6-14-29-18)26-12-10-17(11-13-26)15-16-7-4-3-5-8-16/h3-9,14,17,20,28H,2,10-13,15H2,1H3/t20-/m0/s1. The molecule has 4 aromatic rings. The second-order valence-electron chi connectivity index (χ2n) is 7.95. The number of hydrogen-bond donors (Lipinski definition) is 1. The lowest BCUT2D eigenvalue weighted by Gasteiger charge is -2.36. The summed E-state index contributed by atoms with van der Waals surface area (Å²) in [6, 6.07) is 14.5. The van der Waals surface area contributed by atoms with Crippen LogP contribution in [0.2, 0.25) is 0 Å². The van der Waals surface area contributed by atoms with Crippen LogP contribution in [0.1, 0.15) is 47.8 Å². The highest BCUT2D eigenvalue weighted by Gasteiger charge is 2.33. The highest BCUT2D eigenvalue weighted by molar-refractivity contribution is 7.17. The van der Waals surface area contributed by atoms with E-state index < -0.39 is 0 Å². The van der Waals surface area contributed by atoms with Crippen LogP contribution >= 0.6 is 11.3 Å². The van der Waals surface area contributed by atoms with Crippen LogP contribution in [0.5, 0.6) is 5.88 Å². The third-order valence-electron chi connectivity index (χ3n) is 6.00. The Morgan fingerprint density at radius 3 is 2.63 bits per heavy atom. The molecule has 1 aliphatic heterocycles. The molecule has 1 aliphatic rings. The monoisotopic (exact) mass is 422 g/mol. The van der Waals surface area contributed by atoms with E-state index in [1.807, 2.05) is 19.1 Å². The first-order valence-electron chi connectivity index (χ1n) is 10.6. The maximum absolute atomic E-state index is 10.9. The third-order valence-corrected chi connectivity index (χ3v) is 7.07. The molecule has 0 amide bonds. The third kappa shape index (κ3) is 3.63. The highest BCUT2D eigenvalue weighted by atomic mass is 32.1. The van der Waals surface area contributed by atoms with Crippen molar-refractivity contribution in [3.8, 4) is 5.88 Å². The van der Waals surface area contributed by atoms with E-state index in [1.165, 1.54) is 16.9 Å². The van der Waals surface area contributed by atoms with Crippen LogP contribution in [0, 0.1) is 5.92 Å². The number of aryl methyl sites for hydroxylation is 1. The molecule has 0 saturated carbocycles. The SMILES string of the molecule is CCc1nc2sc([C@H](c3ccco3)N3CCC(Cc4ccccc4)CC3)c(O)n2n1. The van der Waals surface area contributed by atoms with Crippen molar-refractivity contribution in [2.75, 3.05) is 13.1 Å². The van der Waals surface area contributed by atoms with Crippen LogP contribution in [-0.2, 0) is 12.8 Å². The number of furan rings is 1. The fraction of sp³-hybridized carbons (Fsp3) is 0.391. The highest BCUT2D eigenvalue weighted by Crippen LogP contribution is 2.41. The minimum absolute atomic E-state index is 0.115. The summed E-state index contributed by atoms with van der Waals surface area (Å²) < 4.78 is 7.37. The normalized spacial score (nSPS) is 17.0. The maximum atomic E-state index is 10.9. The summed E-state index contributed by atoms with van der Waals surface area (Å²) in [6.45, 7) is 3.95. The number of piperidine rings is 1. The zero-order valence-electron chi connectivity index (χ0n) is 17.1. The van der Waals surface area contributed by atoms with Crippen molar-refractivity contribution >= 4 is 16.3 Å². The predicted molar refractivity (Wildman–Crippen MR) is 117 cm³/mol. The molecule has 7 heteroatoms. The molecule has 1 fully saturated rings. The summed E-state index contributed by atoms with van der Waals surface area (Å²) in [5, 5.41) is 15.4. The zero-order chi connectivity index (χ0) is 20.5. The van der Waals surface area contributed by atoms with Gasteiger partial charge in [0, 0.05) is 6.42 Å². The summed E-state index contributed by atoms with van der Waals surface area (Å²) in [6.07, 6.45) is 5.84. The number of hydrogen-bond acceptors (Lipinski definition) is 6. The van der Waals surface area contributed by atoms with Crippen molar-refractivity contribution in [1.29, 1.82) is 0 Å². The van der Waals surface area contributed by atoms with Crippen LogP contribution in [-0.4, -0.2) is 37.7 Å². The number of nitrogens with zero attached hydrogens (tertiary/aromatic N) is 4. The maximum Gasteiger partial charge on any atom is 0.230 e. The molecule has 6 nitrogen and oxygen atoms in total. The number of rotatable bonds is 6. The Hall–Kier alpha value is -2.64.